The summed E-state index contributed by atoms with van der Waals surface area (Å²) < 4.78 is 4.18. The van der Waals surface area contributed by atoms with Gasteiger partial charge in [-0.15, -0.1) is 0 Å². The smallest absolute Gasteiger partial charge is 0.126 e. The maximum absolute atomic E-state index is 6.47. The van der Waals surface area contributed by atoms with Crippen molar-refractivity contribution in [2.24, 2.45) is 5.73 Å². The average molecular weight is 358 g/mol. The zero-order valence-electron chi connectivity index (χ0n) is 15.2. The second-order valence-corrected chi connectivity index (χ2v) is 6.43. The van der Waals surface area contributed by atoms with Gasteiger partial charge >= 0.3 is 0 Å². The van der Waals surface area contributed by atoms with Crippen LogP contribution in [-0.2, 0) is 13.0 Å². The Morgan fingerprint density at radius 2 is 1.78 bits per heavy atom. The molecule has 136 valence electrons. The fraction of sp³-hybridized carbons (Fsp3) is 0.190. The van der Waals surface area contributed by atoms with Crippen molar-refractivity contribution in [3.05, 3.63) is 85.1 Å². The SMILES string of the molecule is CCn1c(-c2ccc(-n3ccnc3)cc2)cnc1[C@@H](N)Cc1ccncc1. The summed E-state index contributed by atoms with van der Waals surface area (Å²) in [6, 6.07) is 12.2. The van der Waals surface area contributed by atoms with E-state index in [1.165, 1.54) is 0 Å². The van der Waals surface area contributed by atoms with E-state index in [0.29, 0.717) is 0 Å². The van der Waals surface area contributed by atoms with Crippen LogP contribution in [0.3, 0.4) is 0 Å². The lowest BCUT2D eigenvalue weighted by Gasteiger charge is -2.15. The topological polar surface area (TPSA) is 74.5 Å². The number of pyridine rings is 1. The highest BCUT2D eigenvalue weighted by atomic mass is 15.1. The highest BCUT2D eigenvalue weighted by Gasteiger charge is 2.17. The van der Waals surface area contributed by atoms with Crippen molar-refractivity contribution in [1.29, 1.82) is 0 Å². The van der Waals surface area contributed by atoms with Crippen molar-refractivity contribution in [2.75, 3.05) is 0 Å². The number of aromatic nitrogens is 5. The summed E-state index contributed by atoms with van der Waals surface area (Å²) in [5.41, 5.74) is 10.9. The molecule has 27 heavy (non-hydrogen) atoms. The first kappa shape index (κ1) is 17.2. The van der Waals surface area contributed by atoms with Gasteiger partial charge in [0.05, 0.1) is 24.3 Å². The Hall–Kier alpha value is -3.25. The maximum Gasteiger partial charge on any atom is 0.126 e. The fourth-order valence-electron chi connectivity index (χ4n) is 3.33. The van der Waals surface area contributed by atoms with Gasteiger partial charge in [-0.25, -0.2) is 9.97 Å². The van der Waals surface area contributed by atoms with E-state index in [0.717, 1.165) is 41.3 Å². The lowest BCUT2D eigenvalue weighted by atomic mass is 10.1. The van der Waals surface area contributed by atoms with Gasteiger partial charge in [0.2, 0.25) is 0 Å². The Balaban J connectivity index is 1.61. The second-order valence-electron chi connectivity index (χ2n) is 6.43. The van der Waals surface area contributed by atoms with Crippen LogP contribution in [0, 0.1) is 0 Å². The predicted octanol–water partition coefficient (Wildman–Crippen LogP) is 3.39. The van der Waals surface area contributed by atoms with E-state index in [1.807, 2.05) is 29.1 Å². The zero-order chi connectivity index (χ0) is 18.6. The third-order valence-electron chi connectivity index (χ3n) is 4.70. The van der Waals surface area contributed by atoms with Crippen LogP contribution in [0.1, 0.15) is 24.4 Å². The third kappa shape index (κ3) is 3.52. The molecule has 1 atom stereocenters. The number of hydrogen-bond acceptors (Lipinski definition) is 4. The lowest BCUT2D eigenvalue weighted by molar-refractivity contribution is 0.602. The Bertz CT molecular complexity index is 987. The first-order chi connectivity index (χ1) is 13.3. The average Bonchev–Trinajstić information content (AvgIpc) is 3.38. The number of hydrogen-bond donors (Lipinski definition) is 1. The Morgan fingerprint density at radius 1 is 1.00 bits per heavy atom. The molecule has 6 nitrogen and oxygen atoms in total. The van der Waals surface area contributed by atoms with Gasteiger partial charge in [0, 0.05) is 37.0 Å². The molecule has 3 heterocycles. The molecule has 0 bridgehead atoms. The van der Waals surface area contributed by atoms with Crippen LogP contribution in [0.15, 0.2) is 73.7 Å². The van der Waals surface area contributed by atoms with Crippen LogP contribution in [0.2, 0.25) is 0 Å². The summed E-state index contributed by atoms with van der Waals surface area (Å²) in [6.45, 7) is 2.94. The maximum atomic E-state index is 6.47. The van der Waals surface area contributed by atoms with E-state index >= 15 is 0 Å². The van der Waals surface area contributed by atoms with Crippen LogP contribution in [0.4, 0.5) is 0 Å². The van der Waals surface area contributed by atoms with Gasteiger partial charge in [0.1, 0.15) is 5.82 Å². The largest absolute Gasteiger partial charge is 0.327 e. The van der Waals surface area contributed by atoms with Gasteiger partial charge in [-0.1, -0.05) is 12.1 Å². The van der Waals surface area contributed by atoms with E-state index in [1.54, 1.807) is 24.9 Å². The molecular weight excluding hydrogens is 336 g/mol. The van der Waals surface area contributed by atoms with E-state index in [2.05, 4.69) is 50.7 Å². The molecule has 0 fully saturated rings. The molecule has 0 spiro atoms. The number of imidazole rings is 2. The lowest BCUT2D eigenvalue weighted by Crippen LogP contribution is -2.19. The van der Waals surface area contributed by atoms with Crippen LogP contribution in [0.5, 0.6) is 0 Å². The molecule has 0 aliphatic rings. The minimum Gasteiger partial charge on any atom is -0.327 e. The number of benzene rings is 1. The van der Waals surface area contributed by atoms with Crippen LogP contribution in [-0.4, -0.2) is 24.1 Å². The van der Waals surface area contributed by atoms with Gasteiger partial charge in [-0.05, 0) is 48.7 Å². The van der Waals surface area contributed by atoms with Gasteiger partial charge < -0.3 is 14.9 Å². The van der Waals surface area contributed by atoms with Gasteiger partial charge in [0.15, 0.2) is 0 Å². The number of nitrogens with zero attached hydrogens (tertiary/aromatic N) is 5. The van der Waals surface area contributed by atoms with Crippen molar-refractivity contribution in [3.8, 4) is 16.9 Å². The monoisotopic (exact) mass is 358 g/mol. The summed E-state index contributed by atoms with van der Waals surface area (Å²) in [5, 5.41) is 0. The van der Waals surface area contributed by atoms with Crippen molar-refractivity contribution in [3.63, 3.8) is 0 Å². The van der Waals surface area contributed by atoms with Crippen LogP contribution in [0.25, 0.3) is 16.9 Å². The third-order valence-corrected chi connectivity index (χ3v) is 4.70. The van der Waals surface area contributed by atoms with E-state index < -0.39 is 0 Å². The van der Waals surface area contributed by atoms with Crippen molar-refractivity contribution in [1.82, 2.24) is 24.1 Å². The molecule has 0 aliphatic heterocycles. The highest BCUT2D eigenvalue weighted by molar-refractivity contribution is 5.61. The Kier molecular flexibility index (Phi) is 4.80. The molecule has 0 radical (unpaired) electrons. The fourth-order valence-corrected chi connectivity index (χ4v) is 3.33. The van der Waals surface area contributed by atoms with Crippen molar-refractivity contribution in [2.45, 2.75) is 25.9 Å². The minimum absolute atomic E-state index is 0.161. The summed E-state index contributed by atoms with van der Waals surface area (Å²) in [5.74, 6) is 0.906. The van der Waals surface area contributed by atoms with Crippen molar-refractivity contribution < 1.29 is 0 Å². The van der Waals surface area contributed by atoms with Gasteiger partial charge in [0.25, 0.3) is 0 Å². The van der Waals surface area contributed by atoms with E-state index in [9.17, 15) is 0 Å². The normalized spacial score (nSPS) is 12.2. The first-order valence-electron chi connectivity index (χ1n) is 9.05. The van der Waals surface area contributed by atoms with E-state index in [-0.39, 0.29) is 6.04 Å². The summed E-state index contributed by atoms with van der Waals surface area (Å²) >= 11 is 0. The molecular formula is C21H22N6. The van der Waals surface area contributed by atoms with Gasteiger partial charge in [-0.3, -0.25) is 4.98 Å². The van der Waals surface area contributed by atoms with E-state index in [4.69, 9.17) is 5.73 Å². The minimum atomic E-state index is -0.161. The number of nitrogens with two attached hydrogens (primary N) is 1. The highest BCUT2D eigenvalue weighted by Crippen LogP contribution is 2.25. The summed E-state index contributed by atoms with van der Waals surface area (Å²) in [6.07, 6.45) is 11.7. The Labute approximate surface area is 158 Å². The first-order valence-corrected chi connectivity index (χ1v) is 9.05. The molecule has 0 saturated carbocycles. The molecule has 0 unspecified atom stereocenters. The molecule has 4 rings (SSSR count). The molecule has 6 heteroatoms. The second kappa shape index (κ2) is 7.55. The quantitative estimate of drug-likeness (QED) is 0.573. The predicted molar refractivity (Wildman–Crippen MR) is 105 cm³/mol. The molecule has 0 aliphatic carbocycles. The van der Waals surface area contributed by atoms with Crippen LogP contribution >= 0.6 is 0 Å². The molecule has 2 N–H and O–H groups in total. The molecule has 0 saturated heterocycles. The summed E-state index contributed by atoms with van der Waals surface area (Å²) in [7, 11) is 0. The van der Waals surface area contributed by atoms with Gasteiger partial charge in [-0.2, -0.15) is 0 Å². The Morgan fingerprint density at radius 3 is 2.44 bits per heavy atom. The molecule has 3 aromatic heterocycles. The standard InChI is InChI=1S/C21H22N6/c1-2-27-20(17-3-5-18(6-4-17)26-12-11-24-15-26)14-25-21(27)19(22)13-16-7-9-23-10-8-16/h3-12,14-15,19H,2,13,22H2,1H3/t19-/m0/s1. The summed E-state index contributed by atoms with van der Waals surface area (Å²) in [4.78, 5) is 12.8. The van der Waals surface area contributed by atoms with Crippen molar-refractivity contribution >= 4 is 0 Å². The molecule has 1 aromatic carbocycles. The number of rotatable bonds is 6. The molecule has 0 amide bonds. The van der Waals surface area contributed by atoms with Crippen LogP contribution < -0.4 is 5.73 Å². The zero-order valence-corrected chi connectivity index (χ0v) is 15.2. The molecule has 4 aromatic rings.